The molecule has 3 heteroatoms. The van der Waals surface area contributed by atoms with Gasteiger partial charge in [-0.25, -0.2) is 0 Å². The van der Waals surface area contributed by atoms with Crippen molar-refractivity contribution in [1.29, 1.82) is 0 Å². The van der Waals surface area contributed by atoms with Gasteiger partial charge in [-0.05, 0) is 84.3 Å². The third kappa shape index (κ3) is 6.73. The summed E-state index contributed by atoms with van der Waals surface area (Å²) in [4.78, 5) is 5.00. The van der Waals surface area contributed by atoms with E-state index >= 15 is 0 Å². The zero-order valence-electron chi connectivity index (χ0n) is 13.8. The van der Waals surface area contributed by atoms with E-state index in [1.807, 2.05) is 0 Å². The summed E-state index contributed by atoms with van der Waals surface area (Å²) in [5.41, 5.74) is 0. The van der Waals surface area contributed by atoms with Crippen molar-refractivity contribution in [3.05, 3.63) is 0 Å². The molecule has 0 aromatic heterocycles. The van der Waals surface area contributed by atoms with Gasteiger partial charge in [0.2, 0.25) is 0 Å². The van der Waals surface area contributed by atoms with Gasteiger partial charge in [0, 0.05) is 6.54 Å². The molecule has 0 aromatic rings. The largest absolute Gasteiger partial charge is 0.319 e. The molecule has 0 saturated carbocycles. The van der Waals surface area contributed by atoms with Gasteiger partial charge < -0.3 is 15.1 Å². The maximum absolute atomic E-state index is 3.33. The molecule has 1 atom stereocenters. The number of piperidine rings is 1. The molecule has 1 aliphatic heterocycles. The van der Waals surface area contributed by atoms with E-state index in [0.717, 1.165) is 24.3 Å². The number of hydrogen-bond donors (Lipinski definition) is 1. The van der Waals surface area contributed by atoms with E-state index in [-0.39, 0.29) is 0 Å². The molecule has 1 fully saturated rings. The fourth-order valence-corrected chi connectivity index (χ4v) is 3.02. The zero-order chi connectivity index (χ0) is 14.3. The summed E-state index contributed by atoms with van der Waals surface area (Å²) in [7, 11) is 6.60. The Morgan fingerprint density at radius 1 is 1.26 bits per heavy atom. The molecule has 1 heterocycles. The van der Waals surface area contributed by atoms with Crippen molar-refractivity contribution in [2.45, 2.75) is 33.1 Å². The van der Waals surface area contributed by atoms with Gasteiger partial charge in [0.15, 0.2) is 0 Å². The van der Waals surface area contributed by atoms with Gasteiger partial charge in [-0.3, -0.25) is 0 Å². The molecule has 114 valence electrons. The fourth-order valence-electron chi connectivity index (χ4n) is 3.02. The van der Waals surface area contributed by atoms with Crippen LogP contribution in [0.3, 0.4) is 0 Å². The zero-order valence-corrected chi connectivity index (χ0v) is 13.8. The molecule has 19 heavy (non-hydrogen) atoms. The van der Waals surface area contributed by atoms with Crippen molar-refractivity contribution in [1.82, 2.24) is 15.1 Å². The second-order valence-electron chi connectivity index (χ2n) is 6.86. The quantitative estimate of drug-likeness (QED) is 0.728. The van der Waals surface area contributed by atoms with Crippen molar-refractivity contribution in [2.75, 3.05) is 53.9 Å². The first-order valence-electron chi connectivity index (χ1n) is 8.04. The van der Waals surface area contributed by atoms with Crippen LogP contribution in [-0.4, -0.2) is 63.7 Å². The normalized spacial score (nSPS) is 20.4. The molecule has 1 aliphatic rings. The molecule has 0 radical (unpaired) electrons. The van der Waals surface area contributed by atoms with Crippen molar-refractivity contribution in [2.24, 2.45) is 17.8 Å². The Kier molecular flexibility index (Phi) is 7.96. The summed E-state index contributed by atoms with van der Waals surface area (Å²) >= 11 is 0. The van der Waals surface area contributed by atoms with E-state index in [1.54, 1.807) is 0 Å². The van der Waals surface area contributed by atoms with Gasteiger partial charge in [-0.2, -0.15) is 0 Å². The third-order valence-corrected chi connectivity index (χ3v) is 4.71. The summed E-state index contributed by atoms with van der Waals surface area (Å²) < 4.78 is 0. The Morgan fingerprint density at radius 3 is 2.42 bits per heavy atom. The van der Waals surface area contributed by atoms with E-state index in [0.29, 0.717) is 0 Å². The maximum atomic E-state index is 3.33. The number of hydrogen-bond acceptors (Lipinski definition) is 3. The van der Waals surface area contributed by atoms with E-state index in [2.05, 4.69) is 50.1 Å². The lowest BCUT2D eigenvalue weighted by Gasteiger charge is -2.31. The highest BCUT2D eigenvalue weighted by molar-refractivity contribution is 4.73. The highest BCUT2D eigenvalue weighted by Crippen LogP contribution is 2.20. The second-order valence-corrected chi connectivity index (χ2v) is 6.86. The summed E-state index contributed by atoms with van der Waals surface area (Å²) in [6.07, 6.45) is 4.18. The molecular formula is C16H35N3. The maximum Gasteiger partial charge on any atom is 0.00212 e. The van der Waals surface area contributed by atoms with Crippen LogP contribution in [-0.2, 0) is 0 Å². The van der Waals surface area contributed by atoms with Crippen LogP contribution in [0.25, 0.3) is 0 Å². The minimum atomic E-state index is 0.762. The predicted octanol–water partition coefficient (Wildman–Crippen LogP) is 2.14. The molecule has 1 saturated heterocycles. The van der Waals surface area contributed by atoms with Crippen molar-refractivity contribution in [3.63, 3.8) is 0 Å². The molecule has 1 rings (SSSR count). The Bertz CT molecular complexity index is 222. The minimum Gasteiger partial charge on any atom is -0.319 e. The lowest BCUT2D eigenvalue weighted by atomic mass is 9.92. The van der Waals surface area contributed by atoms with Gasteiger partial charge in [0.1, 0.15) is 0 Å². The first-order valence-corrected chi connectivity index (χ1v) is 8.04. The molecule has 1 N–H and O–H groups in total. The van der Waals surface area contributed by atoms with Crippen molar-refractivity contribution < 1.29 is 0 Å². The molecule has 1 unspecified atom stereocenters. The van der Waals surface area contributed by atoms with Crippen LogP contribution in [0.4, 0.5) is 0 Å². The Balaban J connectivity index is 2.20. The SMILES string of the molecule is CNCC(CN(C)CCC1CCN(C)CC1)C(C)C. The smallest absolute Gasteiger partial charge is 0.00212 e. The standard InChI is InChI=1S/C16H35N3/c1-14(2)16(12-17-3)13-19(5)11-8-15-6-9-18(4)10-7-15/h14-17H,6-13H2,1-5H3. The molecule has 3 nitrogen and oxygen atoms in total. The highest BCUT2D eigenvalue weighted by atomic mass is 15.1. The predicted molar refractivity (Wildman–Crippen MR) is 84.6 cm³/mol. The van der Waals surface area contributed by atoms with Crippen LogP contribution >= 0.6 is 0 Å². The van der Waals surface area contributed by atoms with Crippen LogP contribution < -0.4 is 5.32 Å². The third-order valence-electron chi connectivity index (χ3n) is 4.71. The average Bonchev–Trinajstić information content (AvgIpc) is 2.37. The number of nitrogens with one attached hydrogen (secondary N) is 1. The van der Waals surface area contributed by atoms with Crippen LogP contribution in [0.15, 0.2) is 0 Å². The van der Waals surface area contributed by atoms with Crippen molar-refractivity contribution in [3.8, 4) is 0 Å². The Morgan fingerprint density at radius 2 is 1.89 bits per heavy atom. The second kappa shape index (κ2) is 8.93. The topological polar surface area (TPSA) is 18.5 Å². The molecule has 0 amide bonds. The Hall–Kier alpha value is -0.120. The Labute approximate surface area is 120 Å². The highest BCUT2D eigenvalue weighted by Gasteiger charge is 2.18. The van der Waals surface area contributed by atoms with Crippen molar-refractivity contribution >= 4 is 0 Å². The number of rotatable bonds is 8. The van der Waals surface area contributed by atoms with Gasteiger partial charge in [-0.15, -0.1) is 0 Å². The summed E-state index contributed by atoms with van der Waals surface area (Å²) in [5, 5.41) is 3.33. The fraction of sp³-hybridized carbons (Fsp3) is 1.00. The van der Waals surface area contributed by atoms with Gasteiger partial charge in [0.05, 0.1) is 0 Å². The van der Waals surface area contributed by atoms with E-state index in [1.165, 1.54) is 45.4 Å². The van der Waals surface area contributed by atoms with Crippen LogP contribution in [0.2, 0.25) is 0 Å². The molecule has 0 spiro atoms. The lowest BCUT2D eigenvalue weighted by Crippen LogP contribution is -2.36. The lowest BCUT2D eigenvalue weighted by molar-refractivity contribution is 0.181. The molecule has 0 aliphatic carbocycles. The number of nitrogens with zero attached hydrogens (tertiary/aromatic N) is 2. The van der Waals surface area contributed by atoms with Gasteiger partial charge in [-0.1, -0.05) is 13.8 Å². The van der Waals surface area contributed by atoms with Crippen LogP contribution in [0.5, 0.6) is 0 Å². The van der Waals surface area contributed by atoms with E-state index < -0.39 is 0 Å². The summed E-state index contributed by atoms with van der Waals surface area (Å²) in [5.74, 6) is 2.49. The molecular weight excluding hydrogens is 234 g/mol. The minimum absolute atomic E-state index is 0.762. The van der Waals surface area contributed by atoms with Gasteiger partial charge >= 0.3 is 0 Å². The first kappa shape index (κ1) is 16.9. The van der Waals surface area contributed by atoms with E-state index in [4.69, 9.17) is 0 Å². The molecule has 0 aromatic carbocycles. The monoisotopic (exact) mass is 269 g/mol. The van der Waals surface area contributed by atoms with E-state index in [9.17, 15) is 0 Å². The summed E-state index contributed by atoms with van der Waals surface area (Å²) in [6, 6.07) is 0. The number of likely N-dealkylation sites (tertiary alicyclic amines) is 1. The summed E-state index contributed by atoms with van der Waals surface area (Å²) in [6.45, 7) is 10.9. The van der Waals surface area contributed by atoms with Gasteiger partial charge in [0.25, 0.3) is 0 Å². The average molecular weight is 269 g/mol. The van der Waals surface area contributed by atoms with Crippen LogP contribution in [0, 0.1) is 17.8 Å². The first-order chi connectivity index (χ1) is 9.02. The molecule has 0 bridgehead atoms. The van der Waals surface area contributed by atoms with Crippen LogP contribution in [0.1, 0.15) is 33.1 Å².